The van der Waals surface area contributed by atoms with Gasteiger partial charge in [0.15, 0.2) is 0 Å². The normalized spacial score (nSPS) is 14.3. The molecule has 3 atom stereocenters. The smallest absolute Gasteiger partial charge is 0.456 e. The standard InChI is InChI=1S/C65H117N2O7P/c1-7-10-13-16-19-22-25-28-30-32-33-34-35-36-38-40-43-46-49-52-55-58-65(69)74-63(56-53-50-47-44-41-27-24-21-18-15-12-9-3)62(61-73-75(70,71)72-60-59-67(4,5)6)66-64(68)57-54-51-48-45-42-39-37-31-29-26-23-20-17-14-11-8-2/h19,22,28,30-31,33-34,36-39,42,53,56,62-63H,7-18,20-21,23-27,29,32,35,40-41,43-52,54-55,57-61H2,1-6H3,(H-,66,68,70,71)/p+1/b22-19-,30-28-,34-33-,37-31+,38-36-,42-39+,56-53+. The van der Waals surface area contributed by atoms with Gasteiger partial charge in [0.2, 0.25) is 5.91 Å². The van der Waals surface area contributed by atoms with E-state index < -0.39 is 20.0 Å². The summed E-state index contributed by atoms with van der Waals surface area (Å²) >= 11 is 0. The molecule has 0 aliphatic heterocycles. The Kier molecular flexibility index (Phi) is 52.5. The Balaban J connectivity index is 5.35. The van der Waals surface area contributed by atoms with Crippen molar-refractivity contribution in [1.29, 1.82) is 0 Å². The first-order valence-corrected chi connectivity index (χ1v) is 32.4. The monoisotopic (exact) mass is 1070 g/mol. The van der Waals surface area contributed by atoms with E-state index in [4.69, 9.17) is 13.8 Å². The fraction of sp³-hybridized carbons (Fsp3) is 0.754. The molecule has 0 rings (SSSR count). The summed E-state index contributed by atoms with van der Waals surface area (Å²) in [6, 6.07) is -0.874. The van der Waals surface area contributed by atoms with E-state index in [2.05, 4.69) is 99.0 Å². The largest absolute Gasteiger partial charge is 0.472 e. The molecule has 75 heavy (non-hydrogen) atoms. The number of carbonyl (C=O) groups excluding carboxylic acids is 2. The number of amides is 1. The topological polar surface area (TPSA) is 111 Å². The molecule has 434 valence electrons. The summed E-state index contributed by atoms with van der Waals surface area (Å²) in [6.07, 6.45) is 71.5. The summed E-state index contributed by atoms with van der Waals surface area (Å²) in [7, 11) is 1.46. The minimum atomic E-state index is -4.46. The van der Waals surface area contributed by atoms with Gasteiger partial charge in [0, 0.05) is 12.8 Å². The lowest BCUT2D eigenvalue weighted by molar-refractivity contribution is -0.870. The summed E-state index contributed by atoms with van der Waals surface area (Å²) in [5.41, 5.74) is 0. The van der Waals surface area contributed by atoms with Crippen LogP contribution in [-0.4, -0.2) is 74.3 Å². The summed E-state index contributed by atoms with van der Waals surface area (Å²) in [5.74, 6) is -0.558. The van der Waals surface area contributed by atoms with Crippen LogP contribution in [0, 0.1) is 0 Å². The van der Waals surface area contributed by atoms with Crippen LogP contribution in [0.3, 0.4) is 0 Å². The highest BCUT2D eigenvalue weighted by atomic mass is 31.2. The molecule has 0 aromatic rings. The number of nitrogens with zero attached hydrogens (tertiary/aromatic N) is 1. The molecule has 2 N–H and O–H groups in total. The van der Waals surface area contributed by atoms with Gasteiger partial charge in [-0.2, -0.15) is 0 Å². The van der Waals surface area contributed by atoms with Crippen molar-refractivity contribution in [3.8, 4) is 0 Å². The zero-order valence-electron chi connectivity index (χ0n) is 49.5. The lowest BCUT2D eigenvalue weighted by Gasteiger charge is -2.27. The van der Waals surface area contributed by atoms with Crippen LogP contribution < -0.4 is 5.32 Å². The number of phosphoric acid groups is 1. The van der Waals surface area contributed by atoms with Crippen LogP contribution in [-0.2, 0) is 27.9 Å². The van der Waals surface area contributed by atoms with Crippen LogP contribution in [0.2, 0.25) is 0 Å². The number of unbranched alkanes of at least 4 members (excludes halogenated alkanes) is 28. The number of carbonyl (C=O) groups is 2. The number of allylic oxidation sites excluding steroid dienone is 13. The summed E-state index contributed by atoms with van der Waals surface area (Å²) < 4.78 is 30.6. The number of phosphoric ester groups is 1. The first kappa shape index (κ1) is 72.2. The van der Waals surface area contributed by atoms with Crippen molar-refractivity contribution in [1.82, 2.24) is 5.32 Å². The van der Waals surface area contributed by atoms with Crippen LogP contribution in [0.15, 0.2) is 85.1 Å². The van der Waals surface area contributed by atoms with E-state index in [1.165, 1.54) is 122 Å². The molecule has 0 aliphatic rings. The third kappa shape index (κ3) is 55.7. The van der Waals surface area contributed by atoms with Gasteiger partial charge in [-0.05, 0) is 102 Å². The number of hydrogen-bond donors (Lipinski definition) is 2. The van der Waals surface area contributed by atoms with E-state index in [1.807, 2.05) is 33.3 Å². The Hall–Kier alpha value is -2.81. The van der Waals surface area contributed by atoms with Crippen LogP contribution >= 0.6 is 7.82 Å². The highest BCUT2D eigenvalue weighted by molar-refractivity contribution is 7.47. The van der Waals surface area contributed by atoms with Gasteiger partial charge in [0.1, 0.15) is 19.3 Å². The Bertz CT molecular complexity index is 1560. The van der Waals surface area contributed by atoms with Gasteiger partial charge in [0.25, 0.3) is 0 Å². The van der Waals surface area contributed by atoms with E-state index in [1.54, 1.807) is 0 Å². The van der Waals surface area contributed by atoms with Gasteiger partial charge >= 0.3 is 13.8 Å². The molecule has 0 bridgehead atoms. The third-order valence-corrected chi connectivity index (χ3v) is 14.3. The number of hydrogen-bond acceptors (Lipinski definition) is 6. The van der Waals surface area contributed by atoms with E-state index in [9.17, 15) is 19.0 Å². The van der Waals surface area contributed by atoms with E-state index in [0.29, 0.717) is 30.3 Å². The molecule has 9 nitrogen and oxygen atoms in total. The second-order valence-corrected chi connectivity index (χ2v) is 23.4. The molecule has 3 unspecified atom stereocenters. The zero-order chi connectivity index (χ0) is 55.0. The zero-order valence-corrected chi connectivity index (χ0v) is 50.4. The van der Waals surface area contributed by atoms with Crippen LogP contribution in [0.4, 0.5) is 0 Å². The first-order valence-electron chi connectivity index (χ1n) is 30.9. The van der Waals surface area contributed by atoms with Crippen molar-refractivity contribution in [2.45, 2.75) is 277 Å². The van der Waals surface area contributed by atoms with Crippen LogP contribution in [0.25, 0.3) is 0 Å². The predicted molar refractivity (Wildman–Crippen MR) is 323 cm³/mol. The van der Waals surface area contributed by atoms with Crippen molar-refractivity contribution in [2.24, 2.45) is 0 Å². The van der Waals surface area contributed by atoms with Crippen molar-refractivity contribution in [3.63, 3.8) is 0 Å². The number of ether oxygens (including phenoxy) is 1. The maximum atomic E-state index is 13.5. The van der Waals surface area contributed by atoms with E-state index in [0.717, 1.165) is 96.3 Å². The number of nitrogens with one attached hydrogen (secondary N) is 1. The Morgan fingerprint density at radius 1 is 0.480 bits per heavy atom. The predicted octanol–water partition coefficient (Wildman–Crippen LogP) is 19.0. The molecule has 0 spiro atoms. The number of likely N-dealkylation sites (N-methyl/N-ethyl adjacent to an activating group) is 1. The number of quaternary nitrogens is 1. The fourth-order valence-corrected chi connectivity index (χ4v) is 9.24. The van der Waals surface area contributed by atoms with Crippen molar-refractivity contribution < 1.29 is 37.3 Å². The summed E-state index contributed by atoms with van der Waals surface area (Å²) in [6.45, 7) is 6.94. The highest BCUT2D eigenvalue weighted by Gasteiger charge is 2.30. The molecule has 0 saturated carbocycles. The van der Waals surface area contributed by atoms with Gasteiger partial charge < -0.3 is 19.4 Å². The highest BCUT2D eigenvalue weighted by Crippen LogP contribution is 2.43. The van der Waals surface area contributed by atoms with Crippen molar-refractivity contribution in [3.05, 3.63) is 85.1 Å². The second-order valence-electron chi connectivity index (χ2n) is 21.9. The maximum Gasteiger partial charge on any atom is 0.472 e. The molecular weight excluding hydrogens is 952 g/mol. The molecule has 0 fully saturated rings. The van der Waals surface area contributed by atoms with Gasteiger partial charge in [-0.3, -0.25) is 18.6 Å². The molecule has 0 aliphatic carbocycles. The first-order chi connectivity index (χ1) is 36.4. The summed E-state index contributed by atoms with van der Waals surface area (Å²) in [5, 5.41) is 3.03. The fourth-order valence-electron chi connectivity index (χ4n) is 8.50. The van der Waals surface area contributed by atoms with E-state index in [-0.39, 0.29) is 31.5 Å². The second kappa shape index (κ2) is 54.5. The molecule has 0 heterocycles. The average molecular weight is 1070 g/mol. The summed E-state index contributed by atoms with van der Waals surface area (Å²) in [4.78, 5) is 37.7. The third-order valence-electron chi connectivity index (χ3n) is 13.3. The Morgan fingerprint density at radius 3 is 1.33 bits per heavy atom. The van der Waals surface area contributed by atoms with Crippen LogP contribution in [0.1, 0.15) is 265 Å². The number of esters is 1. The average Bonchev–Trinajstić information content (AvgIpc) is 3.37. The maximum absolute atomic E-state index is 13.5. The molecule has 0 aromatic heterocycles. The van der Waals surface area contributed by atoms with Crippen molar-refractivity contribution in [2.75, 3.05) is 40.9 Å². The van der Waals surface area contributed by atoms with Gasteiger partial charge in [0.05, 0.1) is 33.8 Å². The van der Waals surface area contributed by atoms with Crippen LogP contribution in [0.5, 0.6) is 0 Å². The lowest BCUT2D eigenvalue weighted by Crippen LogP contribution is -2.47. The molecular formula is C65H118N2O7P+. The molecule has 0 aromatic carbocycles. The molecule has 0 saturated heterocycles. The minimum Gasteiger partial charge on any atom is -0.456 e. The van der Waals surface area contributed by atoms with Gasteiger partial charge in [-0.25, -0.2) is 4.57 Å². The quantitative estimate of drug-likeness (QED) is 0.0156. The van der Waals surface area contributed by atoms with Gasteiger partial charge in [-0.15, -0.1) is 0 Å². The minimum absolute atomic E-state index is 0.0285. The van der Waals surface area contributed by atoms with Crippen molar-refractivity contribution >= 4 is 19.7 Å². The Morgan fingerprint density at radius 2 is 0.853 bits per heavy atom. The lowest BCUT2D eigenvalue weighted by atomic mass is 10.1. The molecule has 10 heteroatoms. The van der Waals surface area contributed by atoms with E-state index >= 15 is 0 Å². The SMILES string of the molecule is CCCCC/C=C\C/C=C\C/C=C\C/C=C\CCCCCCCC(=O)OC(/C=C/CCCCCCCCCCCC)C(COP(=O)(O)OCC[N+](C)(C)C)NC(=O)CCCCC/C=C/C=C/CCCCCCCCC. The van der Waals surface area contributed by atoms with Gasteiger partial charge in [-0.1, -0.05) is 235 Å². The number of rotatable bonds is 55. The Labute approximate surface area is 463 Å². The molecule has 1 amide bonds. The molecule has 0 radical (unpaired) electrons.